The number of nitrogens with one attached hydrogen (secondary N) is 1. The van der Waals surface area contributed by atoms with Crippen molar-refractivity contribution in [1.82, 2.24) is 5.32 Å². The van der Waals surface area contributed by atoms with E-state index in [1.165, 1.54) is 6.20 Å². The number of hydrogen-bond acceptors (Lipinski definition) is 4. The third-order valence-corrected chi connectivity index (χ3v) is 1.40. The molecule has 0 saturated heterocycles. The summed E-state index contributed by atoms with van der Waals surface area (Å²) in [7, 11) is 1.72. The van der Waals surface area contributed by atoms with Crippen LogP contribution in [0.5, 0.6) is 0 Å². The molecule has 0 heterocycles. The van der Waals surface area contributed by atoms with E-state index in [0.29, 0.717) is 12.1 Å². The van der Waals surface area contributed by atoms with Crippen LogP contribution in [0.2, 0.25) is 0 Å². The summed E-state index contributed by atoms with van der Waals surface area (Å²) in [6.07, 6.45) is 1.79. The van der Waals surface area contributed by atoms with E-state index in [2.05, 4.69) is 11.9 Å². The highest BCUT2D eigenvalue weighted by molar-refractivity contribution is 5.04. The zero-order valence-corrected chi connectivity index (χ0v) is 6.67. The van der Waals surface area contributed by atoms with Crippen LogP contribution in [-0.2, 0) is 0 Å². The molecular weight excluding hydrogens is 142 g/mol. The fraction of sp³-hybridized carbons (Fsp3) is 0.429. The van der Waals surface area contributed by atoms with Gasteiger partial charge in [-0.25, -0.2) is 0 Å². The maximum Gasteiger partial charge on any atom is 0.102 e. The maximum absolute atomic E-state index is 8.98. The van der Waals surface area contributed by atoms with Crippen LogP contribution in [0, 0.1) is 0 Å². The molecule has 0 spiro atoms. The van der Waals surface area contributed by atoms with Crippen LogP contribution in [0.25, 0.3) is 0 Å². The molecule has 0 aromatic heterocycles. The van der Waals surface area contributed by atoms with Crippen LogP contribution in [-0.4, -0.2) is 18.2 Å². The van der Waals surface area contributed by atoms with Gasteiger partial charge < -0.3 is 21.9 Å². The van der Waals surface area contributed by atoms with Gasteiger partial charge in [-0.05, 0) is 7.05 Å². The van der Waals surface area contributed by atoms with Crippen LogP contribution in [0.1, 0.15) is 6.42 Å². The van der Waals surface area contributed by atoms with Gasteiger partial charge in [0.1, 0.15) is 5.76 Å². The molecule has 0 fully saturated rings. The van der Waals surface area contributed by atoms with Crippen molar-refractivity contribution in [3.63, 3.8) is 0 Å². The van der Waals surface area contributed by atoms with Gasteiger partial charge in [0.05, 0.1) is 6.04 Å². The normalized spacial score (nSPS) is 14.5. The monoisotopic (exact) mass is 157 g/mol. The van der Waals surface area contributed by atoms with Gasteiger partial charge >= 0.3 is 0 Å². The van der Waals surface area contributed by atoms with E-state index in [1.807, 2.05) is 0 Å². The predicted molar refractivity (Wildman–Crippen MR) is 45.7 cm³/mol. The second-order valence-electron chi connectivity index (χ2n) is 2.28. The molecule has 0 amide bonds. The summed E-state index contributed by atoms with van der Waals surface area (Å²) in [5.74, 6) is 0.0669. The van der Waals surface area contributed by atoms with Crippen molar-refractivity contribution in [2.45, 2.75) is 12.5 Å². The van der Waals surface area contributed by atoms with E-state index in [4.69, 9.17) is 16.6 Å². The lowest BCUT2D eigenvalue weighted by atomic mass is 10.1. The van der Waals surface area contributed by atoms with Gasteiger partial charge in [0.2, 0.25) is 0 Å². The largest absolute Gasteiger partial charge is 0.511 e. The Hall–Kier alpha value is -1.16. The minimum atomic E-state index is -0.213. The van der Waals surface area contributed by atoms with E-state index in [0.717, 1.165) is 0 Å². The molecule has 4 nitrogen and oxygen atoms in total. The molecule has 64 valence electrons. The quantitative estimate of drug-likeness (QED) is 0.426. The average molecular weight is 157 g/mol. The molecule has 0 rings (SSSR count). The van der Waals surface area contributed by atoms with Gasteiger partial charge in [-0.1, -0.05) is 6.58 Å². The number of likely N-dealkylation sites (N-methyl/N-ethyl adjacent to an activating group) is 1. The van der Waals surface area contributed by atoms with Gasteiger partial charge in [0.25, 0.3) is 0 Å². The third kappa shape index (κ3) is 3.52. The minimum Gasteiger partial charge on any atom is -0.511 e. The summed E-state index contributed by atoms with van der Waals surface area (Å²) in [5, 5.41) is 11.8. The first-order valence-corrected chi connectivity index (χ1v) is 3.33. The Morgan fingerprint density at radius 1 is 1.82 bits per heavy atom. The highest BCUT2D eigenvalue weighted by Gasteiger charge is 2.09. The van der Waals surface area contributed by atoms with E-state index >= 15 is 0 Å². The molecule has 11 heavy (non-hydrogen) atoms. The first-order valence-electron chi connectivity index (χ1n) is 3.33. The fourth-order valence-electron chi connectivity index (χ4n) is 0.690. The number of rotatable bonds is 4. The Balaban J connectivity index is 3.98. The Morgan fingerprint density at radius 2 is 2.36 bits per heavy atom. The second kappa shape index (κ2) is 4.62. The van der Waals surface area contributed by atoms with Crippen LogP contribution in [0.3, 0.4) is 0 Å². The molecule has 0 bridgehead atoms. The van der Waals surface area contributed by atoms with Crippen molar-refractivity contribution in [2.24, 2.45) is 11.5 Å². The SMILES string of the molecule is C=C(O)[C@H](C/C(N)=C/N)NC. The van der Waals surface area contributed by atoms with E-state index in [-0.39, 0.29) is 11.8 Å². The lowest BCUT2D eigenvalue weighted by Gasteiger charge is -2.13. The van der Waals surface area contributed by atoms with Crippen molar-refractivity contribution in [3.8, 4) is 0 Å². The summed E-state index contributed by atoms with van der Waals surface area (Å²) < 4.78 is 0. The van der Waals surface area contributed by atoms with Crippen molar-refractivity contribution < 1.29 is 5.11 Å². The molecule has 0 unspecified atom stereocenters. The highest BCUT2D eigenvalue weighted by atomic mass is 16.3. The van der Waals surface area contributed by atoms with E-state index in [9.17, 15) is 0 Å². The van der Waals surface area contributed by atoms with Crippen molar-refractivity contribution in [1.29, 1.82) is 0 Å². The Bertz CT molecular complexity index is 165. The standard InChI is InChI=1S/C7H15N3O/c1-5(11)7(10-2)3-6(9)4-8/h4,7,10-11H,1,3,8-9H2,2H3/b6-4-/t7-/m0/s1. The molecule has 0 saturated carbocycles. The lowest BCUT2D eigenvalue weighted by Crippen LogP contribution is -2.28. The van der Waals surface area contributed by atoms with Crippen LogP contribution >= 0.6 is 0 Å². The molecule has 0 aliphatic rings. The molecule has 0 aliphatic carbocycles. The van der Waals surface area contributed by atoms with Crippen LogP contribution in [0.4, 0.5) is 0 Å². The topological polar surface area (TPSA) is 84.3 Å². The van der Waals surface area contributed by atoms with Crippen LogP contribution < -0.4 is 16.8 Å². The predicted octanol–water partition coefficient (Wildman–Crippen LogP) is -0.205. The van der Waals surface area contributed by atoms with E-state index in [1.54, 1.807) is 7.05 Å². The molecular formula is C7H15N3O. The first-order chi connectivity index (χ1) is 5.11. The summed E-state index contributed by atoms with van der Waals surface area (Å²) in [5.41, 5.74) is 11.1. The minimum absolute atomic E-state index is 0.0669. The van der Waals surface area contributed by atoms with E-state index < -0.39 is 0 Å². The molecule has 4 heteroatoms. The molecule has 1 atom stereocenters. The lowest BCUT2D eigenvalue weighted by molar-refractivity contribution is 0.348. The first kappa shape index (κ1) is 9.84. The van der Waals surface area contributed by atoms with Gasteiger partial charge in [-0.3, -0.25) is 0 Å². The zero-order valence-electron chi connectivity index (χ0n) is 6.67. The number of hydrogen-bond donors (Lipinski definition) is 4. The van der Waals surface area contributed by atoms with Gasteiger partial charge in [0, 0.05) is 18.3 Å². The Kier molecular flexibility index (Phi) is 4.14. The second-order valence-corrected chi connectivity index (χ2v) is 2.28. The van der Waals surface area contributed by atoms with Gasteiger partial charge in [0.15, 0.2) is 0 Å². The molecule has 0 aromatic carbocycles. The smallest absolute Gasteiger partial charge is 0.102 e. The molecule has 0 radical (unpaired) electrons. The van der Waals surface area contributed by atoms with Crippen molar-refractivity contribution in [2.75, 3.05) is 7.05 Å². The average Bonchev–Trinajstić information content (AvgIpc) is 1.99. The third-order valence-electron chi connectivity index (χ3n) is 1.40. The Labute approximate surface area is 66.6 Å². The number of nitrogens with two attached hydrogens (primary N) is 2. The van der Waals surface area contributed by atoms with Gasteiger partial charge in [-0.2, -0.15) is 0 Å². The van der Waals surface area contributed by atoms with Gasteiger partial charge in [-0.15, -0.1) is 0 Å². The summed E-state index contributed by atoms with van der Waals surface area (Å²) in [6.45, 7) is 3.38. The Morgan fingerprint density at radius 3 is 2.64 bits per heavy atom. The van der Waals surface area contributed by atoms with Crippen LogP contribution in [0.15, 0.2) is 24.2 Å². The molecule has 0 aromatic rings. The molecule has 0 aliphatic heterocycles. The summed E-state index contributed by atoms with van der Waals surface area (Å²) >= 11 is 0. The fourth-order valence-corrected chi connectivity index (χ4v) is 0.690. The molecule has 6 N–H and O–H groups in total. The summed E-state index contributed by atoms with van der Waals surface area (Å²) in [4.78, 5) is 0. The highest BCUT2D eigenvalue weighted by Crippen LogP contribution is 2.03. The number of aliphatic hydroxyl groups excluding tert-OH is 1. The zero-order chi connectivity index (χ0) is 8.85. The number of aliphatic hydroxyl groups is 1. The summed E-state index contributed by atoms with van der Waals surface area (Å²) in [6, 6.07) is -0.213. The van der Waals surface area contributed by atoms with Crippen molar-refractivity contribution in [3.05, 3.63) is 24.2 Å². The van der Waals surface area contributed by atoms with Crippen molar-refractivity contribution >= 4 is 0 Å². The maximum atomic E-state index is 8.98.